The quantitative estimate of drug-likeness (QED) is 0.585. The highest BCUT2D eigenvalue weighted by Crippen LogP contribution is 2.22. The third-order valence-corrected chi connectivity index (χ3v) is 3.88. The van der Waals surface area contributed by atoms with Crippen LogP contribution < -0.4 is 15.4 Å². The number of rotatable bonds is 6. The molecular weight excluding hydrogens is 357 g/mol. The number of halogens is 3. The summed E-state index contributed by atoms with van der Waals surface area (Å²) in [6.45, 7) is 4.17. The van der Waals surface area contributed by atoms with Crippen LogP contribution >= 0.6 is 0 Å². The van der Waals surface area contributed by atoms with E-state index in [1.165, 1.54) is 12.6 Å². The van der Waals surface area contributed by atoms with Gasteiger partial charge in [-0.15, -0.1) is 0 Å². The first kappa shape index (κ1) is 20.5. The van der Waals surface area contributed by atoms with Crippen LogP contribution in [0.3, 0.4) is 0 Å². The number of alkyl halides is 3. The number of benzene rings is 1. The molecule has 0 aliphatic rings. The van der Waals surface area contributed by atoms with E-state index in [1.807, 2.05) is 32.0 Å². The highest BCUT2D eigenvalue weighted by molar-refractivity contribution is 5.79. The van der Waals surface area contributed by atoms with Crippen LogP contribution in [0.4, 0.5) is 13.2 Å². The van der Waals surface area contributed by atoms with Crippen LogP contribution in [-0.2, 0) is 6.54 Å². The maximum Gasteiger partial charge on any atom is 0.390 e. The fourth-order valence-corrected chi connectivity index (χ4v) is 2.24. The Bertz CT molecular complexity index is 791. The van der Waals surface area contributed by atoms with E-state index in [4.69, 9.17) is 4.74 Å². The lowest BCUT2D eigenvalue weighted by molar-refractivity contribution is -0.132. The van der Waals surface area contributed by atoms with Crippen molar-refractivity contribution in [2.75, 3.05) is 13.6 Å². The van der Waals surface area contributed by atoms with Crippen LogP contribution in [0.25, 0.3) is 0 Å². The fourth-order valence-electron chi connectivity index (χ4n) is 2.24. The van der Waals surface area contributed by atoms with Gasteiger partial charge in [-0.05, 0) is 48.7 Å². The number of hydrogen-bond donors (Lipinski definition) is 2. The Kier molecular flexibility index (Phi) is 7.04. The van der Waals surface area contributed by atoms with Crippen molar-refractivity contribution in [3.8, 4) is 11.6 Å². The number of pyridine rings is 1. The molecule has 8 heteroatoms. The summed E-state index contributed by atoms with van der Waals surface area (Å²) >= 11 is 0. The average molecular weight is 380 g/mol. The first-order valence-corrected chi connectivity index (χ1v) is 8.48. The summed E-state index contributed by atoms with van der Waals surface area (Å²) in [5, 5.41) is 5.60. The summed E-state index contributed by atoms with van der Waals surface area (Å²) in [5.74, 6) is 1.44. The molecule has 2 N–H and O–H groups in total. The summed E-state index contributed by atoms with van der Waals surface area (Å²) in [6.07, 6.45) is -3.50. The molecule has 1 heterocycles. The zero-order valence-electron chi connectivity index (χ0n) is 15.5. The molecule has 0 aliphatic heterocycles. The topological polar surface area (TPSA) is 58.5 Å². The van der Waals surface area contributed by atoms with E-state index in [2.05, 4.69) is 20.6 Å². The Morgan fingerprint density at radius 1 is 1.11 bits per heavy atom. The lowest BCUT2D eigenvalue weighted by atomic mass is 10.1. The lowest BCUT2D eigenvalue weighted by Crippen LogP contribution is -2.38. The molecule has 0 spiro atoms. The van der Waals surface area contributed by atoms with Crippen molar-refractivity contribution in [3.63, 3.8) is 0 Å². The second-order valence-corrected chi connectivity index (χ2v) is 6.07. The highest BCUT2D eigenvalue weighted by atomic mass is 19.4. The molecule has 0 saturated heterocycles. The maximum absolute atomic E-state index is 12.2. The second-order valence-electron chi connectivity index (χ2n) is 6.07. The van der Waals surface area contributed by atoms with Crippen molar-refractivity contribution in [3.05, 3.63) is 53.2 Å². The van der Waals surface area contributed by atoms with Gasteiger partial charge in [0.1, 0.15) is 5.75 Å². The maximum atomic E-state index is 12.2. The number of hydrogen-bond acceptors (Lipinski definition) is 3. The molecule has 27 heavy (non-hydrogen) atoms. The van der Waals surface area contributed by atoms with Crippen molar-refractivity contribution in [1.82, 2.24) is 15.6 Å². The minimum atomic E-state index is -4.20. The molecule has 0 atom stereocenters. The van der Waals surface area contributed by atoms with Gasteiger partial charge >= 0.3 is 6.18 Å². The number of aliphatic imine (C=N–C) groups is 1. The average Bonchev–Trinajstić information content (AvgIpc) is 2.60. The van der Waals surface area contributed by atoms with Gasteiger partial charge in [0, 0.05) is 32.4 Å². The number of nitrogens with one attached hydrogen (secondary N) is 2. The molecule has 5 nitrogen and oxygen atoms in total. The van der Waals surface area contributed by atoms with Crippen LogP contribution in [0.5, 0.6) is 11.6 Å². The fraction of sp³-hybridized carbons (Fsp3) is 0.368. The Hall–Kier alpha value is -2.77. The molecule has 2 rings (SSSR count). The number of aryl methyl sites for hydroxylation is 2. The molecule has 0 bridgehead atoms. The first-order valence-electron chi connectivity index (χ1n) is 8.48. The van der Waals surface area contributed by atoms with E-state index in [0.717, 1.165) is 11.1 Å². The minimum Gasteiger partial charge on any atom is -0.439 e. The van der Waals surface area contributed by atoms with Gasteiger partial charge < -0.3 is 15.4 Å². The van der Waals surface area contributed by atoms with Gasteiger partial charge in [-0.1, -0.05) is 6.07 Å². The van der Waals surface area contributed by atoms with Crippen LogP contribution in [0.2, 0.25) is 0 Å². The molecular formula is C19H23F3N4O. The van der Waals surface area contributed by atoms with Crippen molar-refractivity contribution < 1.29 is 17.9 Å². The predicted octanol–water partition coefficient (Wildman–Crippen LogP) is 4.11. The molecule has 0 amide bonds. The van der Waals surface area contributed by atoms with E-state index >= 15 is 0 Å². The number of nitrogens with zero attached hydrogens (tertiary/aromatic N) is 2. The minimum absolute atomic E-state index is 0.235. The Balaban J connectivity index is 1.91. The van der Waals surface area contributed by atoms with E-state index in [0.29, 0.717) is 24.1 Å². The van der Waals surface area contributed by atoms with Crippen molar-refractivity contribution in [2.45, 2.75) is 33.0 Å². The number of guanidine groups is 1. The molecule has 2 aromatic rings. The molecule has 1 aromatic carbocycles. The smallest absolute Gasteiger partial charge is 0.390 e. The SMILES string of the molecule is CN=C(NCCC(F)(F)F)NCc1ccnc(Oc2ccc(C)c(C)c2)c1. The molecule has 0 radical (unpaired) electrons. The summed E-state index contributed by atoms with van der Waals surface area (Å²) in [7, 11) is 1.50. The summed E-state index contributed by atoms with van der Waals surface area (Å²) < 4.78 is 42.4. The van der Waals surface area contributed by atoms with Crippen molar-refractivity contribution >= 4 is 5.96 Å². The van der Waals surface area contributed by atoms with Gasteiger partial charge in [-0.3, -0.25) is 4.99 Å². The van der Waals surface area contributed by atoms with Crippen LogP contribution in [0.15, 0.2) is 41.5 Å². The summed E-state index contributed by atoms with van der Waals surface area (Å²) in [5.41, 5.74) is 3.17. The second kappa shape index (κ2) is 9.25. The van der Waals surface area contributed by atoms with E-state index < -0.39 is 12.6 Å². The zero-order chi connectivity index (χ0) is 19.9. The lowest BCUT2D eigenvalue weighted by Gasteiger charge is -2.13. The monoisotopic (exact) mass is 380 g/mol. The van der Waals surface area contributed by atoms with Crippen LogP contribution in [-0.4, -0.2) is 30.7 Å². The van der Waals surface area contributed by atoms with Gasteiger partial charge in [-0.25, -0.2) is 4.98 Å². The zero-order valence-corrected chi connectivity index (χ0v) is 15.5. The van der Waals surface area contributed by atoms with E-state index in [9.17, 15) is 13.2 Å². The van der Waals surface area contributed by atoms with E-state index in [-0.39, 0.29) is 6.54 Å². The molecule has 0 unspecified atom stereocenters. The first-order chi connectivity index (χ1) is 12.8. The predicted molar refractivity (Wildman–Crippen MR) is 99.1 cm³/mol. The summed E-state index contributed by atoms with van der Waals surface area (Å²) in [6, 6.07) is 9.36. The standard InChI is InChI=1S/C19H23F3N4O/c1-13-4-5-16(10-14(13)2)27-17-11-15(6-8-24-17)12-26-18(23-3)25-9-7-19(20,21)22/h4-6,8,10-11H,7,9,12H2,1-3H3,(H2,23,25,26). The molecule has 1 aromatic heterocycles. The number of ether oxygens (including phenoxy) is 1. The highest BCUT2D eigenvalue weighted by Gasteiger charge is 2.26. The Morgan fingerprint density at radius 3 is 2.56 bits per heavy atom. The van der Waals surface area contributed by atoms with Crippen LogP contribution in [0.1, 0.15) is 23.1 Å². The third kappa shape index (κ3) is 7.16. The Morgan fingerprint density at radius 2 is 1.89 bits per heavy atom. The molecule has 0 aliphatic carbocycles. The van der Waals surface area contributed by atoms with Gasteiger partial charge in [0.2, 0.25) is 5.88 Å². The normalized spacial score (nSPS) is 12.0. The Labute approximate surface area is 156 Å². The third-order valence-electron chi connectivity index (χ3n) is 3.88. The summed E-state index contributed by atoms with van der Waals surface area (Å²) in [4.78, 5) is 8.10. The van der Waals surface area contributed by atoms with Gasteiger partial charge in [0.25, 0.3) is 0 Å². The van der Waals surface area contributed by atoms with Crippen molar-refractivity contribution in [2.24, 2.45) is 4.99 Å². The van der Waals surface area contributed by atoms with Gasteiger partial charge in [0.15, 0.2) is 5.96 Å². The van der Waals surface area contributed by atoms with Crippen molar-refractivity contribution in [1.29, 1.82) is 0 Å². The van der Waals surface area contributed by atoms with E-state index in [1.54, 1.807) is 18.3 Å². The van der Waals surface area contributed by atoms with Gasteiger partial charge in [0.05, 0.1) is 6.42 Å². The molecule has 0 saturated carbocycles. The number of aromatic nitrogens is 1. The molecule has 146 valence electrons. The largest absolute Gasteiger partial charge is 0.439 e. The van der Waals surface area contributed by atoms with Gasteiger partial charge in [-0.2, -0.15) is 13.2 Å². The van der Waals surface area contributed by atoms with Crippen LogP contribution in [0, 0.1) is 13.8 Å². The molecule has 0 fully saturated rings.